The molecule has 2 rings (SSSR count). The summed E-state index contributed by atoms with van der Waals surface area (Å²) in [5.41, 5.74) is 6.83. The number of halogens is 2. The third kappa shape index (κ3) is 2.91. The van der Waals surface area contributed by atoms with Crippen LogP contribution in [0.25, 0.3) is 0 Å². The monoisotopic (exact) mass is 296 g/mol. The Morgan fingerprint density at radius 3 is 2.76 bits per heavy atom. The van der Waals surface area contributed by atoms with Crippen LogP contribution in [0.2, 0.25) is 0 Å². The minimum atomic E-state index is -0.363. The lowest BCUT2D eigenvalue weighted by molar-refractivity contribution is 0.631. The Hall–Kier alpha value is -1.69. The molecular weight excluding hydrogens is 287 g/mol. The number of aryl methyl sites for hydroxylation is 1. The molecule has 0 atom stereocenters. The van der Waals surface area contributed by atoms with Crippen LogP contribution in [-0.4, -0.2) is 9.97 Å². The second-order valence-corrected chi connectivity index (χ2v) is 4.36. The van der Waals surface area contributed by atoms with Crippen molar-refractivity contribution < 1.29 is 4.39 Å². The van der Waals surface area contributed by atoms with Gasteiger partial charge in [0.2, 0.25) is 5.95 Å². The van der Waals surface area contributed by atoms with E-state index in [0.717, 1.165) is 5.56 Å². The van der Waals surface area contributed by atoms with Crippen LogP contribution >= 0.6 is 15.9 Å². The number of nitrogens with zero attached hydrogens (tertiary/aromatic N) is 2. The predicted octanol–water partition coefficient (Wildman–Crippen LogP) is 3.01. The molecule has 0 saturated heterocycles. The van der Waals surface area contributed by atoms with Crippen LogP contribution in [0, 0.1) is 12.7 Å². The average Bonchev–Trinajstić information content (AvgIpc) is 2.22. The van der Waals surface area contributed by atoms with Crippen LogP contribution in [0.5, 0.6) is 0 Å². The molecule has 0 amide bonds. The number of hydrogen-bond donors (Lipinski definition) is 2. The fourth-order valence-corrected chi connectivity index (χ4v) is 1.75. The van der Waals surface area contributed by atoms with Crippen molar-refractivity contribution >= 4 is 33.4 Å². The summed E-state index contributed by atoms with van der Waals surface area (Å²) in [5, 5.41) is 2.79. The molecule has 0 aliphatic rings. The van der Waals surface area contributed by atoms with Gasteiger partial charge in [-0.3, -0.25) is 0 Å². The standard InChI is InChI=1S/C11H10BrFN4/c1-6-2-3-7(13)8(4-6)15-11-16-9(12)5-10(14)17-11/h2-5H,1H3,(H3,14,15,16,17). The summed E-state index contributed by atoms with van der Waals surface area (Å²) in [6, 6.07) is 6.32. The van der Waals surface area contributed by atoms with E-state index in [4.69, 9.17) is 5.73 Å². The fraction of sp³-hybridized carbons (Fsp3) is 0.0909. The summed E-state index contributed by atoms with van der Waals surface area (Å²) in [7, 11) is 0. The topological polar surface area (TPSA) is 63.8 Å². The van der Waals surface area contributed by atoms with Crippen LogP contribution in [-0.2, 0) is 0 Å². The molecule has 6 heteroatoms. The van der Waals surface area contributed by atoms with Crippen LogP contribution < -0.4 is 11.1 Å². The normalized spacial score (nSPS) is 10.3. The molecule has 0 bridgehead atoms. The van der Waals surface area contributed by atoms with E-state index in [9.17, 15) is 4.39 Å². The highest BCUT2D eigenvalue weighted by Gasteiger charge is 2.05. The Kier molecular flexibility index (Phi) is 3.23. The number of rotatable bonds is 2. The molecule has 0 spiro atoms. The van der Waals surface area contributed by atoms with Crippen molar-refractivity contribution in [1.29, 1.82) is 0 Å². The van der Waals surface area contributed by atoms with Crippen molar-refractivity contribution in [2.45, 2.75) is 6.92 Å². The van der Waals surface area contributed by atoms with E-state index < -0.39 is 0 Å². The molecule has 0 saturated carbocycles. The summed E-state index contributed by atoms with van der Waals surface area (Å²) in [6.07, 6.45) is 0. The zero-order valence-corrected chi connectivity index (χ0v) is 10.6. The summed E-state index contributed by atoms with van der Waals surface area (Å²) in [4.78, 5) is 8.01. The second-order valence-electron chi connectivity index (χ2n) is 3.55. The quantitative estimate of drug-likeness (QED) is 0.836. The molecule has 0 radical (unpaired) electrons. The molecule has 0 fully saturated rings. The Balaban J connectivity index is 2.34. The highest BCUT2D eigenvalue weighted by molar-refractivity contribution is 9.10. The third-order valence-electron chi connectivity index (χ3n) is 2.08. The van der Waals surface area contributed by atoms with E-state index in [1.54, 1.807) is 18.2 Å². The molecule has 4 nitrogen and oxygen atoms in total. The first-order valence-electron chi connectivity index (χ1n) is 4.88. The van der Waals surface area contributed by atoms with Crippen LogP contribution in [0.4, 0.5) is 21.8 Å². The maximum Gasteiger partial charge on any atom is 0.230 e. The van der Waals surface area contributed by atoms with Gasteiger partial charge in [-0.25, -0.2) is 9.37 Å². The first-order valence-corrected chi connectivity index (χ1v) is 5.67. The Labute approximate surface area is 106 Å². The fourth-order valence-electron chi connectivity index (χ4n) is 1.35. The van der Waals surface area contributed by atoms with Crippen molar-refractivity contribution in [3.8, 4) is 0 Å². The molecular formula is C11H10BrFN4. The minimum absolute atomic E-state index is 0.251. The molecule has 1 aromatic heterocycles. The molecule has 0 unspecified atom stereocenters. The van der Waals surface area contributed by atoms with Crippen LogP contribution in [0.1, 0.15) is 5.56 Å². The number of benzene rings is 1. The van der Waals surface area contributed by atoms with E-state index in [0.29, 0.717) is 16.1 Å². The maximum absolute atomic E-state index is 13.5. The zero-order valence-electron chi connectivity index (χ0n) is 9.04. The number of aromatic nitrogens is 2. The molecule has 1 heterocycles. The second kappa shape index (κ2) is 4.67. The van der Waals surface area contributed by atoms with E-state index >= 15 is 0 Å². The number of nitrogens with one attached hydrogen (secondary N) is 1. The van der Waals surface area contributed by atoms with E-state index in [1.807, 2.05) is 6.92 Å². The molecule has 1 aromatic carbocycles. The van der Waals surface area contributed by atoms with Gasteiger partial charge in [-0.05, 0) is 40.5 Å². The summed E-state index contributed by atoms with van der Waals surface area (Å²) in [6.45, 7) is 1.88. The summed E-state index contributed by atoms with van der Waals surface area (Å²) < 4.78 is 14.0. The van der Waals surface area contributed by atoms with Crippen LogP contribution in [0.3, 0.4) is 0 Å². The van der Waals surface area contributed by atoms with Gasteiger partial charge in [0, 0.05) is 6.07 Å². The van der Waals surface area contributed by atoms with Gasteiger partial charge in [-0.15, -0.1) is 0 Å². The maximum atomic E-state index is 13.5. The molecule has 17 heavy (non-hydrogen) atoms. The van der Waals surface area contributed by atoms with Crippen molar-refractivity contribution in [3.63, 3.8) is 0 Å². The van der Waals surface area contributed by atoms with Gasteiger partial charge >= 0.3 is 0 Å². The van der Waals surface area contributed by atoms with E-state index in [2.05, 4.69) is 31.2 Å². The minimum Gasteiger partial charge on any atom is -0.383 e. The van der Waals surface area contributed by atoms with Crippen molar-refractivity contribution in [3.05, 3.63) is 40.2 Å². The Morgan fingerprint density at radius 1 is 1.29 bits per heavy atom. The van der Waals surface area contributed by atoms with Gasteiger partial charge in [0.25, 0.3) is 0 Å². The largest absolute Gasteiger partial charge is 0.383 e. The van der Waals surface area contributed by atoms with Crippen molar-refractivity contribution in [2.75, 3.05) is 11.1 Å². The lowest BCUT2D eigenvalue weighted by Crippen LogP contribution is -2.02. The van der Waals surface area contributed by atoms with E-state index in [1.165, 1.54) is 6.07 Å². The molecule has 0 aliphatic heterocycles. The zero-order chi connectivity index (χ0) is 12.4. The smallest absolute Gasteiger partial charge is 0.230 e. The van der Waals surface area contributed by atoms with Gasteiger partial charge in [0.05, 0.1) is 5.69 Å². The number of nitrogen functional groups attached to an aromatic ring is 1. The van der Waals surface area contributed by atoms with Crippen molar-refractivity contribution in [2.24, 2.45) is 0 Å². The number of anilines is 3. The molecule has 0 aliphatic carbocycles. The van der Waals surface area contributed by atoms with Gasteiger partial charge in [-0.2, -0.15) is 4.98 Å². The SMILES string of the molecule is Cc1ccc(F)c(Nc2nc(N)cc(Br)n2)c1. The first-order chi connectivity index (χ1) is 8.04. The molecule has 88 valence electrons. The highest BCUT2D eigenvalue weighted by Crippen LogP contribution is 2.20. The predicted molar refractivity (Wildman–Crippen MR) is 68.6 cm³/mol. The molecule has 2 aromatic rings. The lowest BCUT2D eigenvalue weighted by atomic mass is 10.2. The summed E-state index contributed by atoms with van der Waals surface area (Å²) in [5.74, 6) is 0.196. The lowest BCUT2D eigenvalue weighted by Gasteiger charge is -2.07. The highest BCUT2D eigenvalue weighted by atomic mass is 79.9. The van der Waals surface area contributed by atoms with Crippen LogP contribution in [0.15, 0.2) is 28.9 Å². The Bertz CT molecular complexity index is 539. The molecule has 3 N–H and O–H groups in total. The van der Waals surface area contributed by atoms with Gasteiger partial charge in [0.1, 0.15) is 16.2 Å². The van der Waals surface area contributed by atoms with Crippen molar-refractivity contribution in [1.82, 2.24) is 9.97 Å². The third-order valence-corrected chi connectivity index (χ3v) is 2.49. The van der Waals surface area contributed by atoms with Gasteiger partial charge in [0.15, 0.2) is 0 Å². The average molecular weight is 297 g/mol. The van der Waals surface area contributed by atoms with Gasteiger partial charge in [-0.1, -0.05) is 6.07 Å². The Morgan fingerprint density at radius 2 is 2.06 bits per heavy atom. The first kappa shape index (κ1) is 11.8. The van der Waals surface area contributed by atoms with E-state index in [-0.39, 0.29) is 11.8 Å². The van der Waals surface area contributed by atoms with Gasteiger partial charge < -0.3 is 11.1 Å². The summed E-state index contributed by atoms with van der Waals surface area (Å²) >= 11 is 3.19. The number of nitrogens with two attached hydrogens (primary N) is 1. The number of hydrogen-bond acceptors (Lipinski definition) is 4.